The predicted molar refractivity (Wildman–Crippen MR) is 46.1 cm³/mol. The Hall–Kier alpha value is -1.02. The van der Waals surface area contributed by atoms with E-state index in [2.05, 4.69) is 0 Å². The molecule has 2 rings (SSSR count). The Kier molecular flexibility index (Phi) is 1.58. The Morgan fingerprint density at radius 2 is 2.08 bits per heavy atom. The Morgan fingerprint density at radius 3 is 2.58 bits per heavy atom. The molecular formula is C10H12O2. The van der Waals surface area contributed by atoms with Crippen LogP contribution >= 0.6 is 0 Å². The lowest BCUT2D eigenvalue weighted by Crippen LogP contribution is -2.11. The highest BCUT2D eigenvalue weighted by atomic mass is 16.3. The lowest BCUT2D eigenvalue weighted by Gasteiger charge is -2.11. The van der Waals surface area contributed by atoms with Crippen LogP contribution in [-0.2, 0) is 5.41 Å². The van der Waals surface area contributed by atoms with Crippen molar-refractivity contribution in [2.75, 3.05) is 6.61 Å². The molecule has 1 aromatic carbocycles. The maximum Gasteiger partial charge on any atom is 0.115 e. The molecule has 1 aromatic rings. The van der Waals surface area contributed by atoms with E-state index < -0.39 is 0 Å². The number of phenolic OH excluding ortho intramolecular Hbond substituents is 1. The molecule has 0 aromatic heterocycles. The lowest BCUT2D eigenvalue weighted by molar-refractivity contribution is 0.255. The van der Waals surface area contributed by atoms with Gasteiger partial charge in [0.2, 0.25) is 0 Å². The minimum absolute atomic E-state index is 0.0290. The van der Waals surface area contributed by atoms with E-state index >= 15 is 0 Å². The monoisotopic (exact) mass is 164 g/mol. The van der Waals surface area contributed by atoms with Crippen molar-refractivity contribution in [3.8, 4) is 5.75 Å². The summed E-state index contributed by atoms with van der Waals surface area (Å²) in [5, 5.41) is 18.3. The van der Waals surface area contributed by atoms with Crippen LogP contribution in [0.3, 0.4) is 0 Å². The summed E-state index contributed by atoms with van der Waals surface area (Å²) in [5.74, 6) is 0.284. The maximum atomic E-state index is 9.22. The van der Waals surface area contributed by atoms with E-state index in [1.54, 1.807) is 12.1 Å². The van der Waals surface area contributed by atoms with Crippen LogP contribution in [0.1, 0.15) is 18.4 Å². The smallest absolute Gasteiger partial charge is 0.115 e. The Balaban J connectivity index is 2.34. The van der Waals surface area contributed by atoms with Gasteiger partial charge in [-0.25, -0.2) is 0 Å². The molecule has 64 valence electrons. The summed E-state index contributed by atoms with van der Waals surface area (Å²) in [7, 11) is 0. The van der Waals surface area contributed by atoms with Crippen molar-refractivity contribution in [1.29, 1.82) is 0 Å². The number of aliphatic hydroxyl groups excluding tert-OH is 1. The van der Waals surface area contributed by atoms with Crippen molar-refractivity contribution in [3.05, 3.63) is 29.8 Å². The van der Waals surface area contributed by atoms with E-state index in [0.717, 1.165) is 18.4 Å². The van der Waals surface area contributed by atoms with Crippen LogP contribution in [0.2, 0.25) is 0 Å². The lowest BCUT2D eigenvalue weighted by atomic mass is 9.97. The van der Waals surface area contributed by atoms with Gasteiger partial charge in [0.25, 0.3) is 0 Å². The summed E-state index contributed by atoms with van der Waals surface area (Å²) in [6, 6.07) is 7.17. The first kappa shape index (κ1) is 7.62. The minimum Gasteiger partial charge on any atom is -0.508 e. The number of rotatable bonds is 2. The molecule has 0 aliphatic heterocycles. The Labute approximate surface area is 71.5 Å². The molecule has 12 heavy (non-hydrogen) atoms. The molecule has 0 bridgehead atoms. The highest BCUT2D eigenvalue weighted by Gasteiger charge is 2.43. The van der Waals surface area contributed by atoms with Crippen LogP contribution in [0, 0.1) is 0 Å². The van der Waals surface area contributed by atoms with Gasteiger partial charge in [-0.05, 0) is 30.5 Å². The third-order valence-electron chi connectivity index (χ3n) is 2.61. The number of aromatic hydroxyl groups is 1. The van der Waals surface area contributed by atoms with Crippen molar-refractivity contribution in [2.45, 2.75) is 18.3 Å². The van der Waals surface area contributed by atoms with E-state index in [9.17, 15) is 5.11 Å². The first-order chi connectivity index (χ1) is 5.77. The van der Waals surface area contributed by atoms with E-state index in [1.807, 2.05) is 12.1 Å². The summed E-state index contributed by atoms with van der Waals surface area (Å²) in [5.41, 5.74) is 1.03. The molecule has 2 heteroatoms. The number of hydrogen-bond donors (Lipinski definition) is 2. The molecule has 0 radical (unpaired) electrons. The molecule has 0 amide bonds. The molecule has 1 saturated carbocycles. The zero-order valence-corrected chi connectivity index (χ0v) is 6.83. The topological polar surface area (TPSA) is 40.5 Å². The Morgan fingerprint density at radius 1 is 1.33 bits per heavy atom. The van der Waals surface area contributed by atoms with Gasteiger partial charge >= 0.3 is 0 Å². The van der Waals surface area contributed by atoms with E-state index in [1.165, 1.54) is 0 Å². The average Bonchev–Trinajstić information content (AvgIpc) is 2.84. The van der Waals surface area contributed by atoms with Crippen LogP contribution in [0.4, 0.5) is 0 Å². The van der Waals surface area contributed by atoms with Gasteiger partial charge < -0.3 is 10.2 Å². The Bertz CT molecular complexity index is 290. The van der Waals surface area contributed by atoms with Crippen molar-refractivity contribution in [3.63, 3.8) is 0 Å². The third kappa shape index (κ3) is 1.08. The maximum absolute atomic E-state index is 9.22. The van der Waals surface area contributed by atoms with Crippen molar-refractivity contribution >= 4 is 0 Å². The second-order valence-electron chi connectivity index (χ2n) is 3.49. The fourth-order valence-electron chi connectivity index (χ4n) is 1.52. The summed E-state index contributed by atoms with van der Waals surface area (Å²) in [4.78, 5) is 0. The normalized spacial score (nSPS) is 19.1. The van der Waals surface area contributed by atoms with Gasteiger partial charge in [0, 0.05) is 5.41 Å². The number of hydrogen-bond acceptors (Lipinski definition) is 2. The molecule has 0 unspecified atom stereocenters. The van der Waals surface area contributed by atoms with Gasteiger partial charge in [0.15, 0.2) is 0 Å². The summed E-state index contributed by atoms with van der Waals surface area (Å²) in [6.07, 6.45) is 2.07. The SMILES string of the molecule is OCC1(c2cccc(O)c2)CC1. The fourth-order valence-corrected chi connectivity index (χ4v) is 1.52. The number of phenols is 1. The zero-order valence-electron chi connectivity index (χ0n) is 6.83. The average molecular weight is 164 g/mol. The van der Waals surface area contributed by atoms with Crippen molar-refractivity contribution in [2.24, 2.45) is 0 Å². The molecule has 2 N–H and O–H groups in total. The van der Waals surface area contributed by atoms with Gasteiger partial charge in [-0.15, -0.1) is 0 Å². The molecule has 0 atom stereocenters. The van der Waals surface area contributed by atoms with E-state index in [0.29, 0.717) is 0 Å². The highest BCUT2D eigenvalue weighted by Crippen LogP contribution is 2.48. The summed E-state index contributed by atoms with van der Waals surface area (Å²) < 4.78 is 0. The summed E-state index contributed by atoms with van der Waals surface area (Å²) >= 11 is 0. The molecule has 0 spiro atoms. The molecular weight excluding hydrogens is 152 g/mol. The second-order valence-corrected chi connectivity index (χ2v) is 3.49. The number of benzene rings is 1. The van der Waals surface area contributed by atoms with Gasteiger partial charge in [-0.2, -0.15) is 0 Å². The fraction of sp³-hybridized carbons (Fsp3) is 0.400. The van der Waals surface area contributed by atoms with Gasteiger partial charge in [-0.1, -0.05) is 12.1 Å². The van der Waals surface area contributed by atoms with E-state index in [-0.39, 0.29) is 17.8 Å². The van der Waals surface area contributed by atoms with Crippen LogP contribution in [0.25, 0.3) is 0 Å². The first-order valence-corrected chi connectivity index (χ1v) is 4.17. The van der Waals surface area contributed by atoms with E-state index in [4.69, 9.17) is 5.11 Å². The molecule has 2 nitrogen and oxygen atoms in total. The van der Waals surface area contributed by atoms with Crippen LogP contribution < -0.4 is 0 Å². The second kappa shape index (κ2) is 2.49. The summed E-state index contributed by atoms with van der Waals surface area (Å²) in [6.45, 7) is 0.191. The molecule has 0 heterocycles. The predicted octanol–water partition coefficient (Wildman–Crippen LogP) is 1.42. The first-order valence-electron chi connectivity index (χ1n) is 4.17. The largest absolute Gasteiger partial charge is 0.508 e. The minimum atomic E-state index is -0.0290. The van der Waals surface area contributed by atoms with Crippen LogP contribution in [-0.4, -0.2) is 16.8 Å². The molecule has 0 saturated heterocycles. The highest BCUT2D eigenvalue weighted by molar-refractivity contribution is 5.36. The van der Waals surface area contributed by atoms with Gasteiger partial charge in [0.1, 0.15) is 5.75 Å². The van der Waals surface area contributed by atoms with Crippen LogP contribution in [0.5, 0.6) is 5.75 Å². The number of aliphatic hydroxyl groups is 1. The van der Waals surface area contributed by atoms with Crippen LogP contribution in [0.15, 0.2) is 24.3 Å². The molecule has 1 aliphatic carbocycles. The standard InChI is InChI=1S/C10H12O2/c11-7-10(4-5-10)8-2-1-3-9(12)6-8/h1-3,6,11-12H,4-5,7H2. The van der Waals surface area contributed by atoms with Crippen molar-refractivity contribution in [1.82, 2.24) is 0 Å². The third-order valence-corrected chi connectivity index (χ3v) is 2.61. The van der Waals surface area contributed by atoms with Gasteiger partial charge in [-0.3, -0.25) is 0 Å². The quantitative estimate of drug-likeness (QED) is 0.694. The molecule has 1 aliphatic rings. The van der Waals surface area contributed by atoms with Gasteiger partial charge in [0.05, 0.1) is 6.61 Å². The zero-order chi connectivity index (χ0) is 8.60. The van der Waals surface area contributed by atoms with Crippen molar-refractivity contribution < 1.29 is 10.2 Å². The molecule has 1 fully saturated rings.